The maximum absolute atomic E-state index is 12.6. The van der Waals surface area contributed by atoms with Crippen molar-refractivity contribution in [3.8, 4) is 0 Å². The molecule has 0 aliphatic carbocycles. The molecule has 6 nitrogen and oxygen atoms in total. The van der Waals surface area contributed by atoms with Gasteiger partial charge in [0.1, 0.15) is 0 Å². The van der Waals surface area contributed by atoms with Crippen LogP contribution in [-0.4, -0.2) is 64.1 Å². The Bertz CT molecular complexity index is 877. The number of halogens is 3. The maximum atomic E-state index is 12.6. The number of rotatable bonds is 3. The number of aliphatic carboxylic acids is 1. The van der Waals surface area contributed by atoms with Crippen LogP contribution in [0.15, 0.2) is 41.9 Å². The average molecular weight is 456 g/mol. The molecular formula is C21H24F3N3O3S. The van der Waals surface area contributed by atoms with Crippen LogP contribution in [-0.2, 0) is 11.3 Å². The van der Waals surface area contributed by atoms with E-state index in [1.54, 1.807) is 11.3 Å². The number of carbonyl (C=O) groups excluding carboxylic acids is 1. The lowest BCUT2D eigenvalue weighted by molar-refractivity contribution is -0.192. The van der Waals surface area contributed by atoms with Crippen molar-refractivity contribution in [2.24, 2.45) is 5.41 Å². The van der Waals surface area contributed by atoms with Crippen LogP contribution in [0.2, 0.25) is 0 Å². The number of amides is 1. The minimum absolute atomic E-state index is 0.212. The Balaban J connectivity index is 0.000000339. The molecule has 0 saturated carbocycles. The first-order chi connectivity index (χ1) is 14.7. The van der Waals surface area contributed by atoms with Crippen LogP contribution in [0, 0.1) is 5.41 Å². The lowest BCUT2D eigenvalue weighted by atomic mass is 9.79. The van der Waals surface area contributed by atoms with Crippen LogP contribution >= 0.6 is 11.3 Å². The lowest BCUT2D eigenvalue weighted by Crippen LogP contribution is -2.45. The normalized spacial score (nSPS) is 21.6. The van der Waals surface area contributed by atoms with Crippen molar-refractivity contribution < 1.29 is 27.9 Å². The number of pyridine rings is 1. The van der Waals surface area contributed by atoms with Gasteiger partial charge in [0, 0.05) is 37.8 Å². The number of alkyl halides is 3. The summed E-state index contributed by atoms with van der Waals surface area (Å²) >= 11 is 1.55. The number of hydrogen-bond donors (Lipinski definition) is 1. The fourth-order valence-corrected chi connectivity index (χ4v) is 4.85. The van der Waals surface area contributed by atoms with Gasteiger partial charge in [-0.1, -0.05) is 12.1 Å². The van der Waals surface area contributed by atoms with E-state index in [0.717, 1.165) is 49.7 Å². The summed E-state index contributed by atoms with van der Waals surface area (Å²) in [7, 11) is 0. The van der Waals surface area contributed by atoms with Gasteiger partial charge in [-0.05, 0) is 49.4 Å². The van der Waals surface area contributed by atoms with Crippen molar-refractivity contribution >= 4 is 23.2 Å². The van der Waals surface area contributed by atoms with E-state index in [4.69, 9.17) is 9.90 Å². The molecule has 31 heavy (non-hydrogen) atoms. The van der Waals surface area contributed by atoms with Crippen LogP contribution in [0.25, 0.3) is 0 Å². The van der Waals surface area contributed by atoms with Gasteiger partial charge in [0.15, 0.2) is 0 Å². The molecule has 4 heterocycles. The van der Waals surface area contributed by atoms with Crippen molar-refractivity contribution in [2.75, 3.05) is 26.2 Å². The van der Waals surface area contributed by atoms with Crippen LogP contribution in [0.4, 0.5) is 13.2 Å². The Hall–Kier alpha value is -2.46. The van der Waals surface area contributed by atoms with Gasteiger partial charge in [-0.15, -0.1) is 11.3 Å². The van der Waals surface area contributed by atoms with Crippen LogP contribution < -0.4 is 0 Å². The summed E-state index contributed by atoms with van der Waals surface area (Å²) in [6.45, 7) is 4.94. The number of carboxylic acid groups (broad SMARTS) is 1. The summed E-state index contributed by atoms with van der Waals surface area (Å²) in [5.41, 5.74) is 1.42. The lowest BCUT2D eigenvalue weighted by Gasteiger charge is -2.40. The Morgan fingerprint density at radius 1 is 1.13 bits per heavy atom. The van der Waals surface area contributed by atoms with Crippen molar-refractivity contribution in [2.45, 2.75) is 32.0 Å². The van der Waals surface area contributed by atoms with E-state index in [1.807, 2.05) is 29.8 Å². The standard InChI is InChI=1S/C19H23N3OS.C2HF3O2/c23-18(17-6-3-12-24-17)22-11-8-19(15-22)7-4-10-21(14-19)13-16-5-1-2-9-20-16;3-2(4,5)1(6)7/h1-3,5-6,9,12H,4,7-8,10-11,13-15H2;(H,6,7). The van der Waals surface area contributed by atoms with Gasteiger partial charge in [0.05, 0.1) is 10.6 Å². The number of nitrogens with zero attached hydrogens (tertiary/aromatic N) is 3. The Morgan fingerprint density at radius 3 is 2.52 bits per heavy atom. The summed E-state index contributed by atoms with van der Waals surface area (Å²) < 4.78 is 31.7. The SMILES string of the molecule is O=C(O)C(F)(F)F.O=C(c1cccs1)N1CCC2(CCCN(Cc3ccccn3)C2)C1. The first kappa shape index (κ1) is 23.2. The molecule has 2 saturated heterocycles. The molecule has 0 aromatic carbocycles. The molecule has 2 aromatic rings. The van der Waals surface area contributed by atoms with Gasteiger partial charge in [0.2, 0.25) is 0 Å². The second-order valence-corrected chi connectivity index (χ2v) is 8.84. The van der Waals surface area contributed by atoms with E-state index in [-0.39, 0.29) is 11.3 Å². The Morgan fingerprint density at radius 2 is 1.90 bits per heavy atom. The molecule has 0 bridgehead atoms. The molecule has 1 N–H and O–H groups in total. The summed E-state index contributed by atoms with van der Waals surface area (Å²) in [5, 5.41) is 9.11. The van der Waals surface area contributed by atoms with E-state index in [9.17, 15) is 18.0 Å². The maximum Gasteiger partial charge on any atom is 0.490 e. The topological polar surface area (TPSA) is 73.7 Å². The summed E-state index contributed by atoms with van der Waals surface area (Å²) in [4.78, 5) is 31.4. The number of piperidine rings is 1. The fourth-order valence-electron chi connectivity index (χ4n) is 4.16. The molecule has 1 atom stereocenters. The first-order valence-corrected chi connectivity index (χ1v) is 10.8. The third-order valence-electron chi connectivity index (χ3n) is 5.55. The number of aromatic nitrogens is 1. The van der Waals surface area contributed by atoms with Gasteiger partial charge in [-0.25, -0.2) is 4.79 Å². The minimum Gasteiger partial charge on any atom is -0.475 e. The van der Waals surface area contributed by atoms with Gasteiger partial charge >= 0.3 is 12.1 Å². The van der Waals surface area contributed by atoms with Gasteiger partial charge in [-0.2, -0.15) is 13.2 Å². The van der Waals surface area contributed by atoms with Crippen LogP contribution in [0.3, 0.4) is 0 Å². The highest BCUT2D eigenvalue weighted by atomic mass is 32.1. The van der Waals surface area contributed by atoms with Gasteiger partial charge < -0.3 is 10.0 Å². The number of hydrogen-bond acceptors (Lipinski definition) is 5. The molecule has 2 fully saturated rings. The molecule has 1 unspecified atom stereocenters. The number of carbonyl (C=O) groups is 2. The van der Waals surface area contributed by atoms with E-state index in [0.29, 0.717) is 0 Å². The second kappa shape index (κ2) is 9.78. The molecule has 168 valence electrons. The monoisotopic (exact) mass is 455 g/mol. The molecule has 0 radical (unpaired) electrons. The van der Waals surface area contributed by atoms with E-state index >= 15 is 0 Å². The highest BCUT2D eigenvalue weighted by Crippen LogP contribution is 2.40. The molecule has 2 aliphatic heterocycles. The molecule has 2 aliphatic rings. The molecule has 1 spiro atoms. The third kappa shape index (κ3) is 6.27. The van der Waals surface area contributed by atoms with Gasteiger partial charge in [0.25, 0.3) is 5.91 Å². The first-order valence-electron chi connectivity index (χ1n) is 9.94. The predicted molar refractivity (Wildman–Crippen MR) is 110 cm³/mol. The van der Waals surface area contributed by atoms with Crippen molar-refractivity contribution in [3.63, 3.8) is 0 Å². The highest BCUT2D eigenvalue weighted by molar-refractivity contribution is 7.12. The van der Waals surface area contributed by atoms with Crippen molar-refractivity contribution in [3.05, 3.63) is 52.5 Å². The Kier molecular flexibility index (Phi) is 7.32. The smallest absolute Gasteiger partial charge is 0.475 e. The highest BCUT2D eigenvalue weighted by Gasteiger charge is 2.43. The number of likely N-dealkylation sites (tertiary alicyclic amines) is 2. The van der Waals surface area contributed by atoms with Crippen molar-refractivity contribution in [1.29, 1.82) is 0 Å². The zero-order valence-corrected chi connectivity index (χ0v) is 17.7. The molecular weight excluding hydrogens is 431 g/mol. The average Bonchev–Trinajstić information content (AvgIpc) is 3.39. The van der Waals surface area contributed by atoms with E-state index in [1.165, 1.54) is 12.8 Å². The Labute approximate surface area is 182 Å². The summed E-state index contributed by atoms with van der Waals surface area (Å²) in [5.74, 6) is -2.55. The van der Waals surface area contributed by atoms with Crippen LogP contribution in [0.1, 0.15) is 34.6 Å². The predicted octanol–water partition coefficient (Wildman–Crippen LogP) is 3.90. The number of thiophene rings is 1. The summed E-state index contributed by atoms with van der Waals surface area (Å²) in [6.07, 6.45) is 0.364. The minimum atomic E-state index is -5.08. The van der Waals surface area contributed by atoms with Gasteiger partial charge in [-0.3, -0.25) is 14.7 Å². The third-order valence-corrected chi connectivity index (χ3v) is 6.41. The zero-order valence-electron chi connectivity index (χ0n) is 16.8. The number of carboxylic acids is 1. The van der Waals surface area contributed by atoms with Crippen LogP contribution in [0.5, 0.6) is 0 Å². The molecule has 2 aromatic heterocycles. The van der Waals surface area contributed by atoms with E-state index in [2.05, 4.69) is 26.9 Å². The second-order valence-electron chi connectivity index (χ2n) is 7.89. The van der Waals surface area contributed by atoms with E-state index < -0.39 is 12.1 Å². The molecule has 10 heteroatoms. The largest absolute Gasteiger partial charge is 0.490 e. The molecule has 1 amide bonds. The summed E-state index contributed by atoms with van der Waals surface area (Å²) in [6, 6.07) is 10.0. The quantitative estimate of drug-likeness (QED) is 0.760. The molecule has 4 rings (SSSR count). The van der Waals surface area contributed by atoms with Crippen molar-refractivity contribution in [1.82, 2.24) is 14.8 Å². The zero-order chi connectivity index (χ0) is 22.5. The fraction of sp³-hybridized carbons (Fsp3) is 0.476.